The number of nitrogens with zero attached hydrogens (tertiary/aromatic N) is 4. The molecule has 0 bridgehead atoms. The monoisotopic (exact) mass is 1600 g/mol. The molecule has 0 unspecified atom stereocenters. The molecule has 19 aromatic rings. The Morgan fingerprint density at radius 1 is 0.301 bits per heavy atom. The van der Waals surface area contributed by atoms with Crippen LogP contribution in [0.15, 0.2) is 339 Å². The van der Waals surface area contributed by atoms with Crippen molar-refractivity contribution in [1.29, 1.82) is 0 Å². The Labute approximate surface area is 701 Å². The van der Waals surface area contributed by atoms with Crippen molar-refractivity contribution in [3.05, 3.63) is 373 Å². The second-order valence-corrected chi connectivity index (χ2v) is 36.6. The Bertz CT molecular complexity index is 7710. The van der Waals surface area contributed by atoms with Crippen molar-refractivity contribution in [2.45, 2.75) is 84.5 Å². The third kappa shape index (κ3) is 11.1. The molecule has 0 aliphatic carbocycles. The minimum atomic E-state index is -1.54. The predicted octanol–water partition coefficient (Wildman–Crippen LogP) is 28.9. The zero-order chi connectivity index (χ0) is 93.7. The van der Waals surface area contributed by atoms with Crippen molar-refractivity contribution in [2.75, 3.05) is 9.80 Å². The third-order valence-corrected chi connectivity index (χ3v) is 27.0. The van der Waals surface area contributed by atoms with Gasteiger partial charge in [-0.2, -0.15) is 0 Å². The third-order valence-electron chi connectivity index (χ3n) is 22.4. The van der Waals surface area contributed by atoms with E-state index in [0.717, 1.165) is 33.4 Å². The number of rotatable bonds is 10. The molecule has 0 radical (unpaired) electrons. The van der Waals surface area contributed by atoms with Crippen molar-refractivity contribution >= 4 is 124 Å². The molecule has 0 atom stereocenters. The van der Waals surface area contributed by atoms with Crippen molar-refractivity contribution < 1.29 is 27.4 Å². The van der Waals surface area contributed by atoms with Gasteiger partial charge in [0.25, 0.3) is 0 Å². The fourth-order valence-corrected chi connectivity index (χ4v) is 21.6. The van der Waals surface area contributed by atoms with Gasteiger partial charge in [-0.3, -0.25) is 0 Å². The number of anilines is 6. The molecule has 6 heterocycles. The molecule has 0 saturated carbocycles. The molecule has 0 amide bonds. The first-order chi connectivity index (χ1) is 63.3. The summed E-state index contributed by atoms with van der Waals surface area (Å²) in [6.45, 7) is 19.2. The van der Waals surface area contributed by atoms with Gasteiger partial charge < -0.3 is 0 Å². The molecule has 544 valence electrons. The molecular weight excluding hydrogens is 1500 g/mol. The summed E-state index contributed by atoms with van der Waals surface area (Å²) in [6, 6.07) is 61.0. The van der Waals surface area contributed by atoms with E-state index in [1.165, 1.54) is 0 Å². The summed E-state index contributed by atoms with van der Waals surface area (Å²) in [5.74, 6) is -1.54. The predicted molar refractivity (Wildman–Crippen MR) is 483 cm³/mol. The number of fused-ring (bicyclic) bond motifs is 14. The molecule has 0 N–H and O–H groups in total. The van der Waals surface area contributed by atoms with Crippen LogP contribution >= 0.6 is 0 Å². The first-order valence-electron chi connectivity index (χ1n) is 48.0. The van der Waals surface area contributed by atoms with Gasteiger partial charge in [0.05, 0.1) is 0 Å². The number of benzene rings is 15. The van der Waals surface area contributed by atoms with E-state index in [1.54, 1.807) is 69.8 Å². The van der Waals surface area contributed by atoms with Crippen LogP contribution in [0.5, 0.6) is 0 Å². The standard InChI is InChI=1S/C107H84N4Se2/c1-105(2,3)72-58-83(68-38-20-12-21-39-68)101(84(59-72)69-40-22-13-23-41-69)110-89-64-75(108-87-50-32-48-77(66-34-16-10-17-35-66)96(87)98-81-46-28-30-52-93(81)112-103(98)108)54-56-79(89)95-80-57-55-76(109-88-51-33-49-78(67-36-18-11-19-37-67)97(88)99-82-47-29-31-53-94(82)113-104(99)109)65-90(80)111(92-63-74(107(7,8)9)62-91(110)100(92)95)102-85(70-42-24-14-25-43-70)60-73(106(4,5)6)61-86(102)71-44-26-15-27-45-71/h10-65,95H,1-9H3/i28D,29D,30D,31D,32D,33D,46D,47D,48D,49D,50D,51D,52D,53D,54D,55D,56D,57D,64D,65D. The molecule has 21 rings (SSSR count). The zero-order valence-electron chi connectivity index (χ0n) is 83.5. The first-order valence-corrected chi connectivity index (χ1v) is 41.5. The van der Waals surface area contributed by atoms with Crippen LogP contribution in [-0.4, -0.2) is 38.1 Å². The summed E-state index contributed by atoms with van der Waals surface area (Å²) in [5, 5.41) is 0.990. The molecule has 15 aromatic carbocycles. The Morgan fingerprint density at radius 2 is 0.611 bits per heavy atom. The van der Waals surface area contributed by atoms with Crippen LogP contribution in [0.4, 0.5) is 34.1 Å². The van der Waals surface area contributed by atoms with Crippen LogP contribution in [0.3, 0.4) is 0 Å². The molecule has 2 aliphatic heterocycles. The molecule has 0 fully saturated rings. The van der Waals surface area contributed by atoms with Crippen LogP contribution < -0.4 is 9.80 Å². The molecule has 6 heteroatoms. The van der Waals surface area contributed by atoms with E-state index in [1.807, 2.05) is 131 Å². The fourth-order valence-electron chi connectivity index (χ4n) is 16.9. The van der Waals surface area contributed by atoms with Crippen LogP contribution in [0.25, 0.3) is 139 Å². The van der Waals surface area contributed by atoms with Gasteiger partial charge in [-0.1, -0.05) is 0 Å². The first kappa shape index (κ1) is 50.8. The van der Waals surface area contributed by atoms with Gasteiger partial charge in [0.2, 0.25) is 0 Å². The summed E-state index contributed by atoms with van der Waals surface area (Å²) in [4.78, 5) is 4.07. The Hall–Kier alpha value is -12.0. The molecule has 0 spiro atoms. The Morgan fingerprint density at radius 3 is 0.938 bits per heavy atom. The van der Waals surface area contributed by atoms with Gasteiger partial charge >= 0.3 is 705 Å². The molecule has 4 nitrogen and oxygen atoms in total. The number of hydrogen-bond donors (Lipinski definition) is 0. The number of aromatic nitrogens is 2. The summed E-state index contributed by atoms with van der Waals surface area (Å²) in [7, 11) is 0. The Kier molecular flexibility index (Phi) is 11.8. The van der Waals surface area contributed by atoms with Crippen LogP contribution in [0.1, 0.15) is 129 Å². The quantitative estimate of drug-likeness (QED) is 0.127. The van der Waals surface area contributed by atoms with Crippen molar-refractivity contribution in [2.24, 2.45) is 0 Å². The van der Waals surface area contributed by atoms with E-state index < -0.39 is 148 Å². The van der Waals surface area contributed by atoms with Gasteiger partial charge in [0.1, 0.15) is 0 Å². The molecule has 2 aliphatic rings. The SMILES string of the molecule is [2H]c1c([2H])c(-n2c3[se]c4c([2H])c([2H])c([2H])c([2H])c4c3c3c(-c4ccccc4)c([2H])c([2H])c([2H])c32)c([2H])c2c1C1c3c(cc(C(C)(C)C)cc3N(c3c(-c4ccccc4)cc(C(C)(C)C)cc3-c3ccccc3)c3c([2H])c(-n4c5[se]c6c([2H])c([2H])c([2H])c([2H])c6c5c5c(-c6ccccc6)c([2H])c([2H])c([2H])c54)c([2H])c([2H])c31)N2c1c(-c2ccccc2)cc(C(C)(C)C)cc1-c1ccccc1. The van der Waals surface area contributed by atoms with E-state index >= 15 is 0 Å². The molecule has 4 aromatic heterocycles. The maximum atomic E-state index is 12.2. The average Bonchev–Trinajstić information content (AvgIpc) is 1.52. The topological polar surface area (TPSA) is 16.3 Å². The van der Waals surface area contributed by atoms with E-state index in [9.17, 15) is 27.4 Å². The normalized spacial score (nSPS) is 15.6. The van der Waals surface area contributed by atoms with Gasteiger partial charge in [-0.15, -0.1) is 0 Å². The fraction of sp³-hybridized carbons (Fsp3) is 0.121. The minimum absolute atomic E-state index is 0.00856. The van der Waals surface area contributed by atoms with Crippen molar-refractivity contribution in [3.63, 3.8) is 0 Å². The van der Waals surface area contributed by atoms with Crippen LogP contribution in [0, 0.1) is 0 Å². The van der Waals surface area contributed by atoms with E-state index in [0.29, 0.717) is 67.3 Å². The summed E-state index contributed by atoms with van der Waals surface area (Å²) in [5.41, 5.74) is 9.06. The molecule has 0 saturated heterocycles. The Balaban J connectivity index is 1.03. The average molecular weight is 1600 g/mol. The summed E-state index contributed by atoms with van der Waals surface area (Å²) < 4.78 is 212. The van der Waals surface area contributed by atoms with E-state index in [4.69, 9.17) is 0 Å². The van der Waals surface area contributed by atoms with Crippen LogP contribution in [-0.2, 0) is 16.2 Å². The van der Waals surface area contributed by atoms with Crippen molar-refractivity contribution in [1.82, 2.24) is 9.13 Å². The summed E-state index contributed by atoms with van der Waals surface area (Å²) >= 11 is -2.36. The maximum absolute atomic E-state index is 12.2. The van der Waals surface area contributed by atoms with Gasteiger partial charge in [0, 0.05) is 0 Å². The summed E-state index contributed by atoms with van der Waals surface area (Å²) in [6.07, 6.45) is 0. The van der Waals surface area contributed by atoms with Gasteiger partial charge in [0.15, 0.2) is 0 Å². The van der Waals surface area contributed by atoms with Gasteiger partial charge in [-0.25, -0.2) is 0 Å². The zero-order valence-corrected chi connectivity index (χ0v) is 66.9. The van der Waals surface area contributed by atoms with E-state index in [2.05, 4.69) is 98.7 Å². The second kappa shape index (κ2) is 26.3. The molecular formula is C107H84N4Se2. The van der Waals surface area contributed by atoms with E-state index in [-0.39, 0.29) is 130 Å². The number of hydrogen-bond acceptors (Lipinski definition) is 2. The van der Waals surface area contributed by atoms with Gasteiger partial charge in [-0.05, 0) is 0 Å². The van der Waals surface area contributed by atoms with Crippen LogP contribution in [0.2, 0.25) is 0 Å². The molecule has 113 heavy (non-hydrogen) atoms. The van der Waals surface area contributed by atoms with Crippen molar-refractivity contribution in [3.8, 4) is 78.1 Å². The second-order valence-electron chi connectivity index (χ2n) is 32.4.